The van der Waals surface area contributed by atoms with Gasteiger partial charge in [-0.25, -0.2) is 4.57 Å². The summed E-state index contributed by atoms with van der Waals surface area (Å²) in [7, 11) is 1.48. The zero-order valence-electron chi connectivity index (χ0n) is 40.0. The maximum Gasteiger partial charge on any atom is 0.472 e. The van der Waals surface area contributed by atoms with Crippen molar-refractivity contribution in [2.75, 3.05) is 47.5 Å². The Balaban J connectivity index is 4.24. The van der Waals surface area contributed by atoms with E-state index in [9.17, 15) is 19.0 Å². The van der Waals surface area contributed by atoms with Crippen LogP contribution in [0.2, 0.25) is 0 Å². The first-order valence-electron chi connectivity index (χ1n) is 25.1. The molecule has 2 atom stereocenters. The minimum absolute atomic E-state index is 0.0315. The van der Waals surface area contributed by atoms with Crippen molar-refractivity contribution in [1.82, 2.24) is 0 Å². The molecule has 60 heavy (non-hydrogen) atoms. The number of phosphoric ester groups is 1. The molecule has 0 fully saturated rings. The number of phosphoric acid groups is 1. The SMILES string of the molecule is CCCCC/C=C\C/C=C\CCCCCCCC(=O)OC[C@H](COP(=O)(O)OCC[N+](C)(C)C)OC(=O)CCCCCCCCCCCCCCCCCCCCCCC. The maximum atomic E-state index is 12.7. The van der Waals surface area contributed by atoms with Gasteiger partial charge in [0.2, 0.25) is 0 Å². The third-order valence-corrected chi connectivity index (χ3v) is 12.0. The molecule has 0 aliphatic rings. The van der Waals surface area contributed by atoms with Crippen molar-refractivity contribution in [3.8, 4) is 0 Å². The van der Waals surface area contributed by atoms with Gasteiger partial charge in [-0.2, -0.15) is 0 Å². The number of esters is 2. The van der Waals surface area contributed by atoms with Gasteiger partial charge in [0, 0.05) is 12.8 Å². The van der Waals surface area contributed by atoms with Gasteiger partial charge in [-0.15, -0.1) is 0 Å². The molecule has 10 heteroatoms. The number of rotatable bonds is 46. The summed E-state index contributed by atoms with van der Waals surface area (Å²) in [4.78, 5) is 35.5. The van der Waals surface area contributed by atoms with Gasteiger partial charge in [-0.1, -0.05) is 199 Å². The van der Waals surface area contributed by atoms with Crippen molar-refractivity contribution in [3.63, 3.8) is 0 Å². The molecule has 354 valence electrons. The molecule has 1 unspecified atom stereocenters. The van der Waals surface area contributed by atoms with E-state index in [0.29, 0.717) is 17.4 Å². The average Bonchev–Trinajstić information content (AvgIpc) is 3.20. The summed E-state index contributed by atoms with van der Waals surface area (Å²) in [6.45, 7) is 4.42. The standard InChI is InChI=1S/C50H96NO8P/c1-6-8-10-12-14-16-18-20-22-23-24-25-26-27-29-31-33-35-37-39-41-43-50(53)59-48(47-58-60(54,55)57-45-44-51(3,4)5)46-56-49(52)42-40-38-36-34-32-30-28-21-19-17-15-13-11-9-7-2/h15,17,21,28,48H,6-14,16,18-20,22-27,29-47H2,1-5H3/p+1/b17-15-,28-21-/t48-/m1/s1. The second kappa shape index (κ2) is 42.8. The van der Waals surface area contributed by atoms with E-state index in [1.54, 1.807) is 0 Å². The van der Waals surface area contributed by atoms with Gasteiger partial charge >= 0.3 is 19.8 Å². The largest absolute Gasteiger partial charge is 0.472 e. The molecule has 1 N–H and O–H groups in total. The van der Waals surface area contributed by atoms with Crippen LogP contribution >= 0.6 is 7.82 Å². The van der Waals surface area contributed by atoms with E-state index in [2.05, 4.69) is 38.2 Å². The van der Waals surface area contributed by atoms with Crippen molar-refractivity contribution >= 4 is 19.8 Å². The topological polar surface area (TPSA) is 108 Å². The number of unbranched alkanes of at least 4 members (excludes halogenated alkanes) is 28. The summed E-state index contributed by atoms with van der Waals surface area (Å²) in [5.41, 5.74) is 0. The number of carbonyl (C=O) groups excluding carboxylic acids is 2. The molecular weight excluding hydrogens is 774 g/mol. The van der Waals surface area contributed by atoms with Crippen molar-refractivity contribution in [1.29, 1.82) is 0 Å². The lowest BCUT2D eigenvalue weighted by Crippen LogP contribution is -2.37. The zero-order valence-corrected chi connectivity index (χ0v) is 40.9. The van der Waals surface area contributed by atoms with Crippen LogP contribution in [0.3, 0.4) is 0 Å². The first-order chi connectivity index (χ1) is 29.0. The van der Waals surface area contributed by atoms with Crippen molar-refractivity contribution in [3.05, 3.63) is 24.3 Å². The van der Waals surface area contributed by atoms with E-state index in [1.165, 1.54) is 141 Å². The average molecular weight is 871 g/mol. The molecule has 9 nitrogen and oxygen atoms in total. The molecule has 0 aromatic heterocycles. The van der Waals surface area contributed by atoms with Crippen LogP contribution in [-0.2, 0) is 32.7 Å². The predicted molar refractivity (Wildman–Crippen MR) is 252 cm³/mol. The van der Waals surface area contributed by atoms with Crippen LogP contribution in [0.4, 0.5) is 0 Å². The van der Waals surface area contributed by atoms with Crippen molar-refractivity contribution in [2.24, 2.45) is 0 Å². The van der Waals surface area contributed by atoms with Crippen LogP contribution in [0.5, 0.6) is 0 Å². The number of ether oxygens (including phenoxy) is 2. The van der Waals surface area contributed by atoms with Crippen LogP contribution < -0.4 is 0 Å². The maximum absolute atomic E-state index is 12.7. The zero-order chi connectivity index (χ0) is 44.3. The molecule has 0 amide bonds. The summed E-state index contributed by atoms with van der Waals surface area (Å²) < 4.78 is 34.4. The van der Waals surface area contributed by atoms with Gasteiger partial charge < -0.3 is 18.9 Å². The first kappa shape index (κ1) is 58.5. The lowest BCUT2D eigenvalue weighted by atomic mass is 10.0. The summed E-state index contributed by atoms with van der Waals surface area (Å²) in [5, 5.41) is 0. The molecule has 0 rings (SSSR count). The highest BCUT2D eigenvalue weighted by Crippen LogP contribution is 2.43. The van der Waals surface area contributed by atoms with E-state index in [4.69, 9.17) is 18.5 Å². The fraction of sp³-hybridized carbons (Fsp3) is 0.880. The molecule has 0 saturated heterocycles. The molecule has 0 spiro atoms. The second-order valence-corrected chi connectivity index (χ2v) is 19.7. The van der Waals surface area contributed by atoms with Crippen LogP contribution in [0, 0.1) is 0 Å². The van der Waals surface area contributed by atoms with Gasteiger partial charge in [-0.05, 0) is 44.9 Å². The number of carbonyl (C=O) groups is 2. The van der Waals surface area contributed by atoms with E-state index in [1.807, 2.05) is 21.1 Å². The van der Waals surface area contributed by atoms with E-state index < -0.39 is 26.5 Å². The monoisotopic (exact) mass is 871 g/mol. The summed E-state index contributed by atoms with van der Waals surface area (Å²) in [6.07, 6.45) is 48.0. The predicted octanol–water partition coefficient (Wildman–Crippen LogP) is 14.7. The Morgan fingerprint density at radius 3 is 1.35 bits per heavy atom. The van der Waals surface area contributed by atoms with Gasteiger partial charge in [0.05, 0.1) is 27.7 Å². The Morgan fingerprint density at radius 2 is 0.900 bits per heavy atom. The van der Waals surface area contributed by atoms with Crippen molar-refractivity contribution in [2.45, 2.75) is 238 Å². The van der Waals surface area contributed by atoms with Crippen LogP contribution in [-0.4, -0.2) is 74.9 Å². The van der Waals surface area contributed by atoms with Gasteiger partial charge in [0.1, 0.15) is 19.8 Å². The number of nitrogens with zero attached hydrogens (tertiary/aromatic N) is 1. The molecule has 0 saturated carbocycles. The quantitative estimate of drug-likeness (QED) is 0.0212. The molecule has 0 aromatic carbocycles. The molecule has 0 aromatic rings. The second-order valence-electron chi connectivity index (χ2n) is 18.2. The smallest absolute Gasteiger partial charge is 0.462 e. The number of likely N-dealkylation sites (N-methyl/N-ethyl adjacent to an activating group) is 1. The van der Waals surface area contributed by atoms with Gasteiger partial charge in [0.25, 0.3) is 0 Å². The Hall–Kier alpha value is -1.51. The minimum atomic E-state index is -4.38. The Morgan fingerprint density at radius 1 is 0.517 bits per heavy atom. The van der Waals surface area contributed by atoms with Crippen LogP contribution in [0.25, 0.3) is 0 Å². The lowest BCUT2D eigenvalue weighted by molar-refractivity contribution is -0.870. The Kier molecular flexibility index (Phi) is 41.7. The van der Waals surface area contributed by atoms with E-state index in [0.717, 1.165) is 57.8 Å². The number of hydrogen-bond acceptors (Lipinski definition) is 7. The molecular formula is C50H97NO8P+. The van der Waals surface area contributed by atoms with Crippen LogP contribution in [0.15, 0.2) is 24.3 Å². The highest BCUT2D eigenvalue weighted by atomic mass is 31.2. The molecule has 0 radical (unpaired) electrons. The molecule has 0 heterocycles. The van der Waals surface area contributed by atoms with Gasteiger partial charge in [-0.3, -0.25) is 18.6 Å². The molecule has 0 aliphatic heterocycles. The highest BCUT2D eigenvalue weighted by molar-refractivity contribution is 7.47. The third kappa shape index (κ3) is 46.0. The first-order valence-corrected chi connectivity index (χ1v) is 26.6. The van der Waals surface area contributed by atoms with Crippen LogP contribution in [0.1, 0.15) is 232 Å². The highest BCUT2D eigenvalue weighted by Gasteiger charge is 2.27. The van der Waals surface area contributed by atoms with Crippen molar-refractivity contribution < 1.29 is 42.1 Å². The minimum Gasteiger partial charge on any atom is -0.462 e. The normalized spacial score (nSPS) is 13.6. The number of quaternary nitrogens is 1. The lowest BCUT2D eigenvalue weighted by Gasteiger charge is -2.24. The van der Waals surface area contributed by atoms with E-state index in [-0.39, 0.29) is 32.0 Å². The molecule has 0 bridgehead atoms. The number of allylic oxidation sites excluding steroid dienone is 4. The van der Waals surface area contributed by atoms with Gasteiger partial charge in [0.15, 0.2) is 6.10 Å². The van der Waals surface area contributed by atoms with E-state index >= 15 is 0 Å². The summed E-state index contributed by atoms with van der Waals surface area (Å²) in [6, 6.07) is 0. The fourth-order valence-corrected chi connectivity index (χ4v) is 7.79. The Labute approximate surface area is 370 Å². The fourth-order valence-electron chi connectivity index (χ4n) is 7.05. The number of hydrogen-bond donors (Lipinski definition) is 1. The third-order valence-electron chi connectivity index (χ3n) is 11.0. The summed E-state index contributed by atoms with van der Waals surface area (Å²) >= 11 is 0. The molecule has 0 aliphatic carbocycles. The Bertz CT molecular complexity index is 1070. The summed E-state index contributed by atoms with van der Waals surface area (Å²) in [5.74, 6) is -0.803.